The minimum absolute atomic E-state index is 0.00534. The van der Waals surface area contributed by atoms with Crippen molar-refractivity contribution in [2.24, 2.45) is 0 Å². The van der Waals surface area contributed by atoms with E-state index in [1.165, 1.54) is 0 Å². The van der Waals surface area contributed by atoms with Crippen LogP contribution in [0.3, 0.4) is 0 Å². The Labute approximate surface area is 242 Å². The van der Waals surface area contributed by atoms with E-state index >= 15 is 0 Å². The molecule has 0 aliphatic carbocycles. The lowest BCUT2D eigenvalue weighted by Gasteiger charge is -2.29. The molecule has 5 rings (SSSR count). The molecule has 2 aliphatic heterocycles. The van der Waals surface area contributed by atoms with Crippen molar-refractivity contribution < 1.29 is 19.4 Å². The Hall–Kier alpha value is -3.59. The molecule has 0 saturated carbocycles. The van der Waals surface area contributed by atoms with Crippen LogP contribution in [0.5, 0.6) is 5.75 Å². The van der Waals surface area contributed by atoms with Crippen molar-refractivity contribution >= 4 is 11.7 Å². The summed E-state index contributed by atoms with van der Waals surface area (Å²) in [6.45, 7) is 8.55. The summed E-state index contributed by atoms with van der Waals surface area (Å²) < 4.78 is 12.2. The summed E-state index contributed by atoms with van der Waals surface area (Å²) in [5.74, 6) is 2.06. The normalized spacial score (nSPS) is 17.6. The number of amides is 1. The number of carbonyl (C=O) groups excluding carboxylic acids is 1. The number of hydrogen-bond acceptors (Lipinski definition) is 7. The lowest BCUT2D eigenvalue weighted by Crippen LogP contribution is -2.38. The second kappa shape index (κ2) is 13.9. The average molecular weight is 557 g/mol. The van der Waals surface area contributed by atoms with Crippen LogP contribution in [-0.4, -0.2) is 71.4 Å². The van der Waals surface area contributed by atoms with Gasteiger partial charge in [-0.3, -0.25) is 14.6 Å². The summed E-state index contributed by atoms with van der Waals surface area (Å²) >= 11 is 0. The van der Waals surface area contributed by atoms with Gasteiger partial charge in [-0.15, -0.1) is 0 Å². The molecule has 1 saturated heterocycles. The summed E-state index contributed by atoms with van der Waals surface area (Å²) in [5.41, 5.74) is 5.33. The van der Waals surface area contributed by atoms with Crippen molar-refractivity contribution in [3.05, 3.63) is 94.5 Å². The highest BCUT2D eigenvalue weighted by Gasteiger charge is 2.20. The fourth-order valence-electron chi connectivity index (χ4n) is 5.41. The van der Waals surface area contributed by atoms with Crippen LogP contribution in [0.2, 0.25) is 0 Å². The van der Waals surface area contributed by atoms with Crippen LogP contribution in [0.4, 0.5) is 5.82 Å². The molecule has 1 fully saturated rings. The number of fused-ring (bicyclic) bond motifs is 4. The molecule has 0 atom stereocenters. The minimum Gasteiger partial charge on any atom is -0.492 e. The molecule has 2 aliphatic rings. The number of aliphatic hydroxyl groups is 1. The van der Waals surface area contributed by atoms with Crippen LogP contribution in [-0.2, 0) is 29.0 Å². The summed E-state index contributed by atoms with van der Waals surface area (Å²) in [6, 6.07) is 14.1. The van der Waals surface area contributed by atoms with Gasteiger partial charge < -0.3 is 14.6 Å². The lowest BCUT2D eigenvalue weighted by molar-refractivity contribution is -0.117. The Bertz CT molecular complexity index is 1350. The largest absolute Gasteiger partial charge is 0.492 e. The van der Waals surface area contributed by atoms with E-state index in [0.29, 0.717) is 50.8 Å². The van der Waals surface area contributed by atoms with Gasteiger partial charge in [0.1, 0.15) is 24.0 Å². The van der Waals surface area contributed by atoms with Crippen LogP contribution in [0.25, 0.3) is 0 Å². The minimum atomic E-state index is -0.172. The molecule has 3 heterocycles. The zero-order valence-electron chi connectivity index (χ0n) is 24.1. The summed E-state index contributed by atoms with van der Waals surface area (Å²) in [6.07, 6.45) is 7.95. The van der Waals surface area contributed by atoms with E-state index in [-0.39, 0.29) is 12.0 Å². The van der Waals surface area contributed by atoms with Gasteiger partial charge in [0, 0.05) is 44.4 Å². The van der Waals surface area contributed by atoms with E-state index in [0.717, 1.165) is 66.0 Å². The molecule has 8 nitrogen and oxygen atoms in total. The number of hydrogen-bond donors (Lipinski definition) is 1. The van der Waals surface area contributed by atoms with E-state index in [4.69, 9.17) is 14.5 Å². The van der Waals surface area contributed by atoms with Crippen LogP contribution >= 0.6 is 0 Å². The third-order valence-electron chi connectivity index (χ3n) is 7.88. The summed E-state index contributed by atoms with van der Waals surface area (Å²) in [4.78, 5) is 27.0. The average Bonchev–Trinajstić information content (AvgIpc) is 2.96. The maximum Gasteiger partial charge on any atom is 0.232 e. The Morgan fingerprint density at radius 1 is 1.10 bits per heavy atom. The highest BCUT2D eigenvalue weighted by Crippen LogP contribution is 2.24. The fourth-order valence-corrected chi connectivity index (χ4v) is 5.41. The number of aryl methyl sites for hydroxylation is 2. The molecule has 2 aromatic carbocycles. The van der Waals surface area contributed by atoms with E-state index < -0.39 is 0 Å². The smallest absolute Gasteiger partial charge is 0.232 e. The molecule has 216 valence electrons. The van der Waals surface area contributed by atoms with Crippen LogP contribution in [0.15, 0.2) is 60.8 Å². The highest BCUT2D eigenvalue weighted by molar-refractivity contribution is 5.94. The Balaban J connectivity index is 1.32. The third kappa shape index (κ3) is 7.79. The number of rotatable bonds is 6. The highest BCUT2D eigenvalue weighted by atomic mass is 16.5. The molecule has 1 aromatic heterocycles. The molecule has 0 unspecified atom stereocenters. The first-order valence-corrected chi connectivity index (χ1v) is 14.5. The molecule has 4 bridgehead atoms. The van der Waals surface area contributed by atoms with Crippen molar-refractivity contribution in [1.82, 2.24) is 14.9 Å². The summed E-state index contributed by atoms with van der Waals surface area (Å²) in [5, 5.41) is 9.74. The van der Waals surface area contributed by atoms with Crippen molar-refractivity contribution in [1.29, 1.82) is 0 Å². The van der Waals surface area contributed by atoms with Gasteiger partial charge in [0.05, 0.1) is 25.7 Å². The number of benzene rings is 2. The molecular weight excluding hydrogens is 516 g/mol. The Morgan fingerprint density at radius 2 is 1.90 bits per heavy atom. The maximum absolute atomic E-state index is 13.6. The SMILES string of the molecule is Cc1cccc(C)c1CC(=O)N1C/C=C/COCc2cc(ccc2OCCN2CCC(O)CC2)Cc2nccc1n2. The van der Waals surface area contributed by atoms with E-state index in [1.807, 2.05) is 56.3 Å². The van der Waals surface area contributed by atoms with E-state index in [2.05, 4.69) is 16.0 Å². The second-order valence-corrected chi connectivity index (χ2v) is 10.9. The van der Waals surface area contributed by atoms with Gasteiger partial charge in [0.15, 0.2) is 0 Å². The van der Waals surface area contributed by atoms with Gasteiger partial charge >= 0.3 is 0 Å². The topological polar surface area (TPSA) is 88.0 Å². The maximum atomic E-state index is 13.6. The van der Waals surface area contributed by atoms with Crippen molar-refractivity contribution in [3.8, 4) is 5.75 Å². The van der Waals surface area contributed by atoms with Gasteiger partial charge in [0.2, 0.25) is 5.91 Å². The molecular formula is C33H40N4O4. The molecule has 1 amide bonds. The number of nitrogens with zero attached hydrogens (tertiary/aromatic N) is 4. The van der Waals surface area contributed by atoms with Gasteiger partial charge in [0.25, 0.3) is 0 Å². The second-order valence-electron chi connectivity index (χ2n) is 10.9. The molecule has 0 spiro atoms. The first-order chi connectivity index (χ1) is 20.0. The van der Waals surface area contributed by atoms with Gasteiger partial charge in [-0.25, -0.2) is 9.97 Å². The summed E-state index contributed by atoms with van der Waals surface area (Å²) in [7, 11) is 0. The van der Waals surface area contributed by atoms with E-state index in [1.54, 1.807) is 17.2 Å². The van der Waals surface area contributed by atoms with Crippen LogP contribution < -0.4 is 9.64 Å². The number of anilines is 1. The predicted octanol–water partition coefficient (Wildman–Crippen LogP) is 4.18. The first kappa shape index (κ1) is 28.9. The molecule has 0 radical (unpaired) electrons. The van der Waals surface area contributed by atoms with E-state index in [9.17, 15) is 9.90 Å². The van der Waals surface area contributed by atoms with Gasteiger partial charge in [-0.2, -0.15) is 0 Å². The van der Waals surface area contributed by atoms with Crippen molar-refractivity contribution in [2.75, 3.05) is 44.3 Å². The standard InChI is InChI=1S/C33H40N4O4/c1-24-6-5-7-25(2)29(24)22-33(39)37-14-3-4-18-40-23-27-20-26(21-31-34-13-10-32(37)35-31)8-9-30(27)41-19-17-36-15-11-28(38)12-16-36/h3-10,13,20,28,38H,11-12,14-19,21-23H2,1-2H3/b4-3+. The lowest BCUT2D eigenvalue weighted by atomic mass is 9.99. The quantitative estimate of drug-likeness (QED) is 0.456. The Morgan fingerprint density at radius 3 is 2.71 bits per heavy atom. The first-order valence-electron chi connectivity index (χ1n) is 14.5. The molecule has 41 heavy (non-hydrogen) atoms. The molecule has 3 aromatic rings. The molecule has 1 N–H and O–H groups in total. The monoisotopic (exact) mass is 556 g/mol. The van der Waals surface area contributed by atoms with Crippen molar-refractivity contribution in [3.63, 3.8) is 0 Å². The van der Waals surface area contributed by atoms with Crippen molar-refractivity contribution in [2.45, 2.75) is 52.2 Å². The third-order valence-corrected chi connectivity index (χ3v) is 7.88. The molecule has 8 heteroatoms. The number of ether oxygens (including phenoxy) is 2. The fraction of sp³-hybridized carbons (Fsp3) is 0.424. The predicted molar refractivity (Wildman–Crippen MR) is 159 cm³/mol. The zero-order valence-corrected chi connectivity index (χ0v) is 24.1. The zero-order chi connectivity index (χ0) is 28.6. The number of carbonyl (C=O) groups is 1. The van der Waals surface area contributed by atoms with Gasteiger partial charge in [-0.1, -0.05) is 36.4 Å². The van der Waals surface area contributed by atoms with Crippen LogP contribution in [0, 0.1) is 13.8 Å². The number of piperidine rings is 1. The number of aromatic nitrogens is 2. The number of likely N-dealkylation sites (tertiary alicyclic amines) is 1. The van der Waals surface area contributed by atoms with Crippen LogP contribution in [0.1, 0.15) is 46.5 Å². The van der Waals surface area contributed by atoms with Gasteiger partial charge in [-0.05, 0) is 67.1 Å². The number of aliphatic hydroxyl groups excluding tert-OH is 1. The Kier molecular flexibility index (Phi) is 9.77.